The second kappa shape index (κ2) is 5.73. The molecule has 4 rings (SSSR count). The maximum absolute atomic E-state index is 12.8. The summed E-state index contributed by atoms with van der Waals surface area (Å²) in [5.74, 6) is 1.77. The molecule has 7 nitrogen and oxygen atoms in total. The van der Waals surface area contributed by atoms with E-state index in [2.05, 4.69) is 19.9 Å². The molecule has 0 radical (unpaired) electrons. The van der Waals surface area contributed by atoms with E-state index in [9.17, 15) is 4.79 Å². The Kier molecular flexibility index (Phi) is 3.57. The summed E-state index contributed by atoms with van der Waals surface area (Å²) in [6, 6.07) is 0. The molecule has 1 amide bonds. The van der Waals surface area contributed by atoms with Crippen LogP contribution < -0.4 is 4.90 Å². The maximum Gasteiger partial charge on any atom is 0.231 e. The summed E-state index contributed by atoms with van der Waals surface area (Å²) >= 11 is 0. The third kappa shape index (κ3) is 2.61. The lowest BCUT2D eigenvalue weighted by Crippen LogP contribution is -2.45. The Balaban J connectivity index is 1.47. The zero-order valence-electron chi connectivity index (χ0n) is 13.2. The monoisotopic (exact) mass is 312 g/mol. The molecular weight excluding hydrogens is 292 g/mol. The Morgan fingerprint density at radius 1 is 1.26 bits per heavy atom. The summed E-state index contributed by atoms with van der Waals surface area (Å²) < 4.78 is 2.04. The molecule has 2 unspecified atom stereocenters. The number of hydrogen-bond donors (Lipinski definition) is 0. The minimum absolute atomic E-state index is 0.0734. The highest BCUT2D eigenvalue weighted by molar-refractivity contribution is 5.96. The molecule has 2 fully saturated rings. The molecular formula is C16H20N6O. The van der Waals surface area contributed by atoms with Gasteiger partial charge in [0.1, 0.15) is 12.2 Å². The predicted molar refractivity (Wildman–Crippen MR) is 84.5 cm³/mol. The summed E-state index contributed by atoms with van der Waals surface area (Å²) in [5, 5.41) is 0. The Morgan fingerprint density at radius 3 is 2.83 bits per heavy atom. The minimum Gasteiger partial charge on any atom is -0.337 e. The number of carbonyl (C=O) groups excluding carboxylic acids is 1. The molecule has 2 aliphatic rings. The van der Waals surface area contributed by atoms with Crippen LogP contribution in [0.25, 0.3) is 0 Å². The standard InChI is InChI=1S/C16H20N6O/c1-20-5-3-19-15(20)10-21-8-12-2-4-22(16(23)14(12)9-21)13-6-17-11-18-7-13/h3,5-7,11-12,14H,2,4,8-10H2,1H3. The number of imidazole rings is 1. The van der Waals surface area contributed by atoms with Gasteiger partial charge in [-0.15, -0.1) is 0 Å². The van der Waals surface area contributed by atoms with Gasteiger partial charge in [0.05, 0.1) is 30.5 Å². The topological polar surface area (TPSA) is 67.2 Å². The SMILES string of the molecule is Cn1ccnc1CN1CC2CCN(c3cncnc3)C(=O)C2C1. The van der Waals surface area contributed by atoms with E-state index in [-0.39, 0.29) is 11.8 Å². The molecule has 0 aromatic carbocycles. The fourth-order valence-corrected chi connectivity index (χ4v) is 3.70. The molecule has 23 heavy (non-hydrogen) atoms. The van der Waals surface area contributed by atoms with Gasteiger partial charge in [0.2, 0.25) is 5.91 Å². The fraction of sp³-hybridized carbons (Fsp3) is 0.500. The third-order valence-corrected chi connectivity index (χ3v) is 4.97. The van der Waals surface area contributed by atoms with Crippen molar-refractivity contribution in [2.75, 3.05) is 24.5 Å². The molecule has 0 spiro atoms. The first-order valence-electron chi connectivity index (χ1n) is 7.97. The van der Waals surface area contributed by atoms with E-state index in [4.69, 9.17) is 0 Å². The van der Waals surface area contributed by atoms with Crippen LogP contribution in [-0.2, 0) is 18.4 Å². The molecule has 0 N–H and O–H groups in total. The van der Waals surface area contributed by atoms with Crippen LogP contribution in [0.1, 0.15) is 12.2 Å². The normalized spacial score (nSPS) is 24.9. The Morgan fingerprint density at radius 2 is 2.09 bits per heavy atom. The average molecular weight is 312 g/mol. The predicted octanol–water partition coefficient (Wildman–Crippen LogP) is 0.695. The zero-order valence-corrected chi connectivity index (χ0v) is 13.2. The lowest BCUT2D eigenvalue weighted by molar-refractivity contribution is -0.124. The van der Waals surface area contributed by atoms with Gasteiger partial charge < -0.3 is 9.47 Å². The number of hydrogen-bond acceptors (Lipinski definition) is 5. The van der Waals surface area contributed by atoms with E-state index >= 15 is 0 Å². The average Bonchev–Trinajstić information content (AvgIpc) is 3.16. The van der Waals surface area contributed by atoms with Crippen molar-refractivity contribution in [3.8, 4) is 0 Å². The molecule has 120 valence electrons. The number of aryl methyl sites for hydroxylation is 1. The molecule has 2 aromatic heterocycles. The van der Waals surface area contributed by atoms with Crippen molar-refractivity contribution in [3.63, 3.8) is 0 Å². The quantitative estimate of drug-likeness (QED) is 0.834. The van der Waals surface area contributed by atoms with Crippen LogP contribution >= 0.6 is 0 Å². The number of amides is 1. The van der Waals surface area contributed by atoms with Gasteiger partial charge in [-0.25, -0.2) is 15.0 Å². The molecule has 2 aromatic rings. The van der Waals surface area contributed by atoms with Crippen molar-refractivity contribution in [1.82, 2.24) is 24.4 Å². The van der Waals surface area contributed by atoms with Gasteiger partial charge in [0, 0.05) is 39.1 Å². The number of anilines is 1. The molecule has 2 atom stereocenters. The second-order valence-electron chi connectivity index (χ2n) is 6.39. The Labute approximate surface area is 135 Å². The summed E-state index contributed by atoms with van der Waals surface area (Å²) in [7, 11) is 2.01. The van der Waals surface area contributed by atoms with Gasteiger partial charge in [-0.1, -0.05) is 0 Å². The van der Waals surface area contributed by atoms with Crippen LogP contribution in [0.3, 0.4) is 0 Å². The molecule has 4 heterocycles. The summed E-state index contributed by atoms with van der Waals surface area (Å²) in [6.07, 6.45) is 9.73. The van der Waals surface area contributed by atoms with E-state index < -0.39 is 0 Å². The number of carbonyl (C=O) groups is 1. The van der Waals surface area contributed by atoms with Crippen LogP contribution in [0, 0.1) is 11.8 Å². The number of rotatable bonds is 3. The van der Waals surface area contributed by atoms with Gasteiger partial charge in [0.15, 0.2) is 0 Å². The van der Waals surface area contributed by atoms with Crippen LogP contribution in [0.15, 0.2) is 31.1 Å². The number of aromatic nitrogens is 4. The van der Waals surface area contributed by atoms with Crippen molar-refractivity contribution in [1.29, 1.82) is 0 Å². The van der Waals surface area contributed by atoms with Crippen LogP contribution in [0.4, 0.5) is 5.69 Å². The Bertz CT molecular complexity index is 700. The van der Waals surface area contributed by atoms with E-state index in [0.717, 1.165) is 44.1 Å². The number of likely N-dealkylation sites (tertiary alicyclic amines) is 1. The minimum atomic E-state index is 0.0734. The van der Waals surface area contributed by atoms with Gasteiger partial charge in [0.25, 0.3) is 0 Å². The summed E-state index contributed by atoms with van der Waals surface area (Å²) in [4.78, 5) is 29.5. The summed E-state index contributed by atoms with van der Waals surface area (Å²) in [6.45, 7) is 3.34. The van der Waals surface area contributed by atoms with Crippen LogP contribution in [-0.4, -0.2) is 50.0 Å². The van der Waals surface area contributed by atoms with Crippen molar-refractivity contribution < 1.29 is 4.79 Å². The molecule has 2 saturated heterocycles. The van der Waals surface area contributed by atoms with Gasteiger partial charge in [-0.05, 0) is 12.3 Å². The van der Waals surface area contributed by atoms with E-state index in [0.29, 0.717) is 5.92 Å². The highest BCUT2D eigenvalue weighted by Gasteiger charge is 2.43. The fourth-order valence-electron chi connectivity index (χ4n) is 3.70. The lowest BCUT2D eigenvalue weighted by atomic mass is 9.88. The van der Waals surface area contributed by atoms with Crippen molar-refractivity contribution in [3.05, 3.63) is 36.9 Å². The van der Waals surface area contributed by atoms with Crippen molar-refractivity contribution in [2.45, 2.75) is 13.0 Å². The number of nitrogens with zero attached hydrogens (tertiary/aromatic N) is 6. The molecule has 0 aliphatic carbocycles. The number of piperidine rings is 1. The first kappa shape index (κ1) is 14.3. The number of fused-ring (bicyclic) bond motifs is 1. The first-order chi connectivity index (χ1) is 11.2. The summed E-state index contributed by atoms with van der Waals surface area (Å²) in [5.41, 5.74) is 0.804. The molecule has 7 heteroatoms. The third-order valence-electron chi connectivity index (χ3n) is 4.97. The van der Waals surface area contributed by atoms with Gasteiger partial charge in [-0.3, -0.25) is 9.69 Å². The maximum atomic E-state index is 12.8. The van der Waals surface area contributed by atoms with Crippen LogP contribution in [0.2, 0.25) is 0 Å². The highest BCUT2D eigenvalue weighted by Crippen LogP contribution is 2.34. The van der Waals surface area contributed by atoms with E-state index in [1.54, 1.807) is 12.4 Å². The first-order valence-corrected chi connectivity index (χ1v) is 7.97. The zero-order chi connectivity index (χ0) is 15.8. The largest absolute Gasteiger partial charge is 0.337 e. The van der Waals surface area contributed by atoms with Gasteiger partial charge >= 0.3 is 0 Å². The van der Waals surface area contributed by atoms with Crippen molar-refractivity contribution >= 4 is 11.6 Å². The molecule has 0 bridgehead atoms. The van der Waals surface area contributed by atoms with Crippen LogP contribution in [0.5, 0.6) is 0 Å². The van der Waals surface area contributed by atoms with Gasteiger partial charge in [-0.2, -0.15) is 0 Å². The smallest absolute Gasteiger partial charge is 0.231 e. The Hall–Kier alpha value is -2.28. The van der Waals surface area contributed by atoms with E-state index in [1.165, 1.54) is 6.33 Å². The second-order valence-corrected chi connectivity index (χ2v) is 6.39. The van der Waals surface area contributed by atoms with E-state index in [1.807, 2.05) is 28.9 Å². The molecule has 2 aliphatic heterocycles. The lowest BCUT2D eigenvalue weighted by Gasteiger charge is -2.33. The van der Waals surface area contributed by atoms with Crippen molar-refractivity contribution in [2.24, 2.45) is 18.9 Å². The molecule has 0 saturated carbocycles. The highest BCUT2D eigenvalue weighted by atomic mass is 16.2.